The molecule has 2 N–H and O–H groups in total. The van der Waals surface area contributed by atoms with Gasteiger partial charge in [-0.25, -0.2) is 0 Å². The molecule has 0 heterocycles. The minimum absolute atomic E-state index is 0.0375. The van der Waals surface area contributed by atoms with Gasteiger partial charge in [-0.05, 0) is 26.2 Å². The van der Waals surface area contributed by atoms with Gasteiger partial charge in [0.2, 0.25) is 0 Å². The van der Waals surface area contributed by atoms with E-state index in [0.29, 0.717) is 6.04 Å². The van der Waals surface area contributed by atoms with Gasteiger partial charge in [0, 0.05) is 11.6 Å². The Morgan fingerprint density at radius 3 is 2.23 bits per heavy atom. The minimum atomic E-state index is -0.0375. The molecule has 2 atom stereocenters. The van der Waals surface area contributed by atoms with Gasteiger partial charge in [-0.2, -0.15) is 0 Å². The van der Waals surface area contributed by atoms with Gasteiger partial charge >= 0.3 is 0 Å². The highest BCUT2D eigenvalue weighted by molar-refractivity contribution is 4.87. The lowest BCUT2D eigenvalue weighted by atomic mass is 9.90. The van der Waals surface area contributed by atoms with Gasteiger partial charge in [0.1, 0.15) is 0 Å². The second-order valence-corrected chi connectivity index (χ2v) is 4.00. The third-order valence-electron chi connectivity index (χ3n) is 2.87. The molecule has 0 bridgehead atoms. The summed E-state index contributed by atoms with van der Waals surface area (Å²) in [5, 5.41) is 12.9. The number of aliphatic hydroxyl groups is 1. The normalized spacial score (nSPS) is 18.2. The highest BCUT2D eigenvalue weighted by Crippen LogP contribution is 2.18. The molecule has 0 saturated carbocycles. The maximum atomic E-state index is 9.39. The van der Waals surface area contributed by atoms with Gasteiger partial charge in [-0.1, -0.05) is 27.2 Å². The monoisotopic (exact) mass is 187 g/mol. The van der Waals surface area contributed by atoms with Gasteiger partial charge in [-0.15, -0.1) is 0 Å². The molecular formula is C11H25NO. The Bertz CT molecular complexity index is 121. The molecule has 2 nitrogen and oxygen atoms in total. The summed E-state index contributed by atoms with van der Waals surface area (Å²) in [5.41, 5.74) is -0.0375. The van der Waals surface area contributed by atoms with Crippen molar-refractivity contribution in [3.05, 3.63) is 0 Å². The summed E-state index contributed by atoms with van der Waals surface area (Å²) in [7, 11) is 0. The molecule has 0 amide bonds. The maximum Gasteiger partial charge on any atom is 0.0613 e. The zero-order valence-electron chi connectivity index (χ0n) is 9.56. The van der Waals surface area contributed by atoms with E-state index in [1.807, 2.05) is 0 Å². The van der Waals surface area contributed by atoms with Crippen molar-refractivity contribution in [3.63, 3.8) is 0 Å². The standard InChI is InChI=1S/C11H25NO/c1-5-8-11(7-3,9-13)12-10(4)6-2/h10,12-13H,5-9H2,1-4H3. The second-order valence-electron chi connectivity index (χ2n) is 4.00. The van der Waals surface area contributed by atoms with E-state index < -0.39 is 0 Å². The number of hydrogen-bond acceptors (Lipinski definition) is 2. The lowest BCUT2D eigenvalue weighted by molar-refractivity contribution is 0.133. The molecule has 0 aliphatic rings. The smallest absolute Gasteiger partial charge is 0.0613 e. The molecule has 0 spiro atoms. The Kier molecular flexibility index (Phi) is 6.35. The molecule has 0 radical (unpaired) electrons. The number of rotatable bonds is 7. The zero-order valence-corrected chi connectivity index (χ0v) is 9.56. The Morgan fingerprint density at radius 1 is 1.31 bits per heavy atom. The molecule has 13 heavy (non-hydrogen) atoms. The summed E-state index contributed by atoms with van der Waals surface area (Å²) in [6, 6.07) is 0.499. The van der Waals surface area contributed by atoms with Gasteiger partial charge in [-0.3, -0.25) is 0 Å². The highest BCUT2D eigenvalue weighted by atomic mass is 16.3. The fraction of sp³-hybridized carbons (Fsp3) is 1.00. The molecule has 0 aliphatic carbocycles. The van der Waals surface area contributed by atoms with Crippen LogP contribution in [0.4, 0.5) is 0 Å². The Balaban J connectivity index is 4.19. The first kappa shape index (κ1) is 12.9. The van der Waals surface area contributed by atoms with E-state index >= 15 is 0 Å². The molecule has 2 unspecified atom stereocenters. The van der Waals surface area contributed by atoms with Crippen LogP contribution in [0.25, 0.3) is 0 Å². The van der Waals surface area contributed by atoms with E-state index in [4.69, 9.17) is 0 Å². The van der Waals surface area contributed by atoms with E-state index in [0.717, 1.165) is 25.7 Å². The van der Waals surface area contributed by atoms with Gasteiger partial charge < -0.3 is 10.4 Å². The first-order valence-electron chi connectivity index (χ1n) is 5.52. The van der Waals surface area contributed by atoms with Crippen LogP contribution in [0.1, 0.15) is 53.4 Å². The van der Waals surface area contributed by atoms with Crippen molar-refractivity contribution in [2.45, 2.75) is 65.0 Å². The Hall–Kier alpha value is -0.0800. The van der Waals surface area contributed by atoms with Crippen LogP contribution in [-0.4, -0.2) is 23.3 Å². The predicted molar refractivity (Wildman–Crippen MR) is 57.9 cm³/mol. The number of nitrogens with one attached hydrogen (secondary N) is 1. The third-order valence-corrected chi connectivity index (χ3v) is 2.87. The summed E-state index contributed by atoms with van der Waals surface area (Å²) in [4.78, 5) is 0. The van der Waals surface area contributed by atoms with E-state index in [1.165, 1.54) is 0 Å². The van der Waals surface area contributed by atoms with Crippen LogP contribution in [0.3, 0.4) is 0 Å². The van der Waals surface area contributed by atoms with Crippen molar-refractivity contribution in [1.82, 2.24) is 5.32 Å². The SMILES string of the molecule is CCCC(CC)(CO)NC(C)CC. The molecule has 2 heteroatoms. The van der Waals surface area contributed by atoms with Crippen LogP contribution < -0.4 is 5.32 Å². The maximum absolute atomic E-state index is 9.39. The zero-order chi connectivity index (χ0) is 10.3. The van der Waals surface area contributed by atoms with Crippen molar-refractivity contribution in [2.75, 3.05) is 6.61 Å². The fourth-order valence-electron chi connectivity index (χ4n) is 1.69. The summed E-state index contributed by atoms with van der Waals surface area (Å²) < 4.78 is 0. The van der Waals surface area contributed by atoms with Crippen molar-refractivity contribution in [2.24, 2.45) is 0 Å². The molecule has 0 fully saturated rings. The van der Waals surface area contributed by atoms with Gasteiger partial charge in [0.25, 0.3) is 0 Å². The lowest BCUT2D eigenvalue weighted by Gasteiger charge is -2.34. The fourth-order valence-corrected chi connectivity index (χ4v) is 1.69. The highest BCUT2D eigenvalue weighted by Gasteiger charge is 2.26. The van der Waals surface area contributed by atoms with Crippen LogP contribution in [0.2, 0.25) is 0 Å². The van der Waals surface area contributed by atoms with Gasteiger partial charge in [0.15, 0.2) is 0 Å². The first-order valence-corrected chi connectivity index (χ1v) is 5.52. The van der Waals surface area contributed by atoms with E-state index in [9.17, 15) is 5.11 Å². The van der Waals surface area contributed by atoms with Crippen LogP contribution in [0.15, 0.2) is 0 Å². The summed E-state index contributed by atoms with van der Waals surface area (Å²) in [6.07, 6.45) is 4.30. The third kappa shape index (κ3) is 4.10. The molecule has 0 aromatic carbocycles. The molecule has 0 saturated heterocycles. The van der Waals surface area contributed by atoms with Crippen LogP contribution >= 0.6 is 0 Å². The summed E-state index contributed by atoms with van der Waals surface area (Å²) >= 11 is 0. The van der Waals surface area contributed by atoms with E-state index in [2.05, 4.69) is 33.0 Å². The second kappa shape index (κ2) is 6.39. The Labute approximate surface area is 82.7 Å². The molecule has 0 rings (SSSR count). The number of hydrogen-bond donors (Lipinski definition) is 2. The molecule has 0 aliphatic heterocycles. The Morgan fingerprint density at radius 2 is 1.92 bits per heavy atom. The van der Waals surface area contributed by atoms with Crippen molar-refractivity contribution >= 4 is 0 Å². The predicted octanol–water partition coefficient (Wildman–Crippen LogP) is 2.32. The van der Waals surface area contributed by atoms with Crippen LogP contribution in [0.5, 0.6) is 0 Å². The van der Waals surface area contributed by atoms with Crippen molar-refractivity contribution < 1.29 is 5.11 Å². The summed E-state index contributed by atoms with van der Waals surface area (Å²) in [6.45, 7) is 8.90. The topological polar surface area (TPSA) is 32.3 Å². The largest absolute Gasteiger partial charge is 0.394 e. The minimum Gasteiger partial charge on any atom is -0.394 e. The quantitative estimate of drug-likeness (QED) is 0.641. The molecule has 0 aromatic heterocycles. The molecule has 0 aromatic rings. The average molecular weight is 187 g/mol. The van der Waals surface area contributed by atoms with Crippen LogP contribution in [0, 0.1) is 0 Å². The number of aliphatic hydroxyl groups excluding tert-OH is 1. The van der Waals surface area contributed by atoms with Crippen LogP contribution in [-0.2, 0) is 0 Å². The van der Waals surface area contributed by atoms with E-state index in [1.54, 1.807) is 0 Å². The summed E-state index contributed by atoms with van der Waals surface area (Å²) in [5.74, 6) is 0. The molecular weight excluding hydrogens is 162 g/mol. The average Bonchev–Trinajstić information content (AvgIpc) is 2.17. The van der Waals surface area contributed by atoms with Gasteiger partial charge in [0.05, 0.1) is 6.61 Å². The van der Waals surface area contributed by atoms with Crippen molar-refractivity contribution in [1.29, 1.82) is 0 Å². The van der Waals surface area contributed by atoms with E-state index in [-0.39, 0.29) is 12.1 Å². The van der Waals surface area contributed by atoms with Crippen molar-refractivity contribution in [3.8, 4) is 0 Å². The lowest BCUT2D eigenvalue weighted by Crippen LogP contribution is -2.51. The molecule has 80 valence electrons. The first-order chi connectivity index (χ1) is 6.14.